The maximum absolute atomic E-state index is 13.4. The zero-order valence-electron chi connectivity index (χ0n) is 20.8. The van der Waals surface area contributed by atoms with E-state index >= 15 is 0 Å². The van der Waals surface area contributed by atoms with Gasteiger partial charge in [-0.05, 0) is 75.3 Å². The number of sulfonamides is 1. The van der Waals surface area contributed by atoms with Crippen molar-refractivity contribution in [2.45, 2.75) is 55.0 Å². The Hall–Kier alpha value is -2.47. The van der Waals surface area contributed by atoms with E-state index in [2.05, 4.69) is 9.97 Å². The van der Waals surface area contributed by atoms with Gasteiger partial charge in [-0.1, -0.05) is 30.8 Å². The number of thioether (sulfide) groups is 1. The molecule has 0 unspecified atom stereocenters. The number of carboxylic acids is 1. The van der Waals surface area contributed by atoms with Gasteiger partial charge in [0, 0.05) is 19.3 Å². The Labute approximate surface area is 220 Å². The van der Waals surface area contributed by atoms with Crippen LogP contribution in [-0.4, -0.2) is 58.7 Å². The maximum Gasteiger partial charge on any atom is 0.347 e. The summed E-state index contributed by atoms with van der Waals surface area (Å²) in [7, 11) is -3.63. The number of thiophene rings is 1. The molecule has 36 heavy (non-hydrogen) atoms. The van der Waals surface area contributed by atoms with Crippen LogP contribution >= 0.6 is 23.1 Å². The van der Waals surface area contributed by atoms with Crippen LogP contribution in [-0.2, 0) is 21.2 Å². The van der Waals surface area contributed by atoms with E-state index in [4.69, 9.17) is 4.74 Å². The number of benzene rings is 1. The summed E-state index contributed by atoms with van der Waals surface area (Å²) < 4.78 is 34.2. The van der Waals surface area contributed by atoms with E-state index in [1.807, 2.05) is 25.3 Å². The molecule has 0 aliphatic carbocycles. The van der Waals surface area contributed by atoms with Gasteiger partial charge in [0.25, 0.3) is 10.0 Å². The summed E-state index contributed by atoms with van der Waals surface area (Å²) in [5, 5.41) is 9.85. The van der Waals surface area contributed by atoms with Crippen LogP contribution in [0.5, 0.6) is 5.75 Å². The Bertz CT molecular complexity index is 1270. The van der Waals surface area contributed by atoms with E-state index in [0.717, 1.165) is 10.4 Å². The van der Waals surface area contributed by atoms with Crippen LogP contribution in [0, 0.1) is 0 Å². The molecular formula is C25H31N3O5S3. The molecule has 0 amide bonds. The quantitative estimate of drug-likeness (QED) is 0.229. The van der Waals surface area contributed by atoms with Gasteiger partial charge in [0.2, 0.25) is 0 Å². The third-order valence-corrected chi connectivity index (χ3v) is 9.44. The molecule has 3 rings (SSSR count). The van der Waals surface area contributed by atoms with Gasteiger partial charge >= 0.3 is 5.97 Å². The molecule has 0 atom stereocenters. The predicted molar refractivity (Wildman–Crippen MR) is 143 cm³/mol. The zero-order chi connectivity index (χ0) is 26.3. The Balaban J connectivity index is 1.65. The highest BCUT2D eigenvalue weighted by Crippen LogP contribution is 2.32. The second-order valence-corrected chi connectivity index (χ2v) is 12.6. The smallest absolute Gasteiger partial charge is 0.347 e. The summed E-state index contributed by atoms with van der Waals surface area (Å²) >= 11 is 2.66. The van der Waals surface area contributed by atoms with Crippen LogP contribution in [0.1, 0.15) is 39.2 Å². The minimum atomic E-state index is -3.63. The van der Waals surface area contributed by atoms with E-state index in [-0.39, 0.29) is 0 Å². The van der Waals surface area contributed by atoms with Crippen LogP contribution in [0.4, 0.5) is 0 Å². The lowest BCUT2D eigenvalue weighted by atomic mass is 10.1. The van der Waals surface area contributed by atoms with Crippen molar-refractivity contribution in [3.05, 3.63) is 54.2 Å². The minimum absolute atomic E-state index is 0.304. The second-order valence-electron chi connectivity index (χ2n) is 8.62. The van der Waals surface area contributed by atoms with Gasteiger partial charge in [-0.15, -0.1) is 11.3 Å². The van der Waals surface area contributed by atoms with Crippen molar-refractivity contribution in [1.82, 2.24) is 14.3 Å². The van der Waals surface area contributed by atoms with Gasteiger partial charge in [0.05, 0.1) is 10.6 Å². The molecule has 0 saturated heterocycles. The van der Waals surface area contributed by atoms with Crippen molar-refractivity contribution >= 4 is 39.1 Å². The molecule has 0 fully saturated rings. The number of aliphatic carboxylic acids is 1. The zero-order valence-corrected chi connectivity index (χ0v) is 23.3. The van der Waals surface area contributed by atoms with Crippen molar-refractivity contribution < 1.29 is 23.1 Å². The van der Waals surface area contributed by atoms with Crippen molar-refractivity contribution in [1.29, 1.82) is 0 Å². The van der Waals surface area contributed by atoms with Gasteiger partial charge in [-0.25, -0.2) is 23.2 Å². The highest BCUT2D eigenvalue weighted by molar-refractivity contribution is 7.98. The molecule has 194 valence electrons. The Morgan fingerprint density at radius 2 is 1.86 bits per heavy atom. The number of aryl methyl sites for hydroxylation is 1. The molecule has 0 aliphatic rings. The van der Waals surface area contributed by atoms with E-state index in [1.165, 1.54) is 36.9 Å². The minimum Gasteiger partial charge on any atom is -0.478 e. The second kappa shape index (κ2) is 12.2. The predicted octanol–water partition coefficient (Wildman–Crippen LogP) is 5.20. The molecule has 3 aromatic rings. The van der Waals surface area contributed by atoms with Gasteiger partial charge < -0.3 is 9.84 Å². The first-order valence-electron chi connectivity index (χ1n) is 11.6. The molecule has 1 N–H and O–H groups in total. The van der Waals surface area contributed by atoms with Crippen LogP contribution in [0.15, 0.2) is 58.0 Å². The first-order valence-corrected chi connectivity index (χ1v) is 15.0. The fourth-order valence-electron chi connectivity index (χ4n) is 3.42. The summed E-state index contributed by atoms with van der Waals surface area (Å²) in [4.78, 5) is 20.7. The normalized spacial score (nSPS) is 12.1. The fourth-order valence-corrected chi connectivity index (χ4v) is 6.78. The maximum atomic E-state index is 13.4. The number of ether oxygens (including phenoxy) is 1. The Kier molecular flexibility index (Phi) is 9.51. The summed E-state index contributed by atoms with van der Waals surface area (Å²) in [5.74, 6) is -0.563. The van der Waals surface area contributed by atoms with Crippen molar-refractivity contribution in [3.63, 3.8) is 0 Å². The highest BCUT2D eigenvalue weighted by atomic mass is 32.2. The number of nitrogens with zero attached hydrogens (tertiary/aromatic N) is 3. The molecule has 8 nitrogen and oxygen atoms in total. The summed E-state index contributed by atoms with van der Waals surface area (Å²) in [5.41, 5.74) is 0.418. The first-order chi connectivity index (χ1) is 17.1. The molecule has 0 aliphatic heterocycles. The number of carboxylic acid groups (broad SMARTS) is 1. The van der Waals surface area contributed by atoms with Crippen LogP contribution in [0.2, 0.25) is 0 Å². The molecule has 2 aromatic heterocycles. The first kappa shape index (κ1) is 28.1. The Morgan fingerprint density at radius 3 is 2.50 bits per heavy atom. The van der Waals surface area contributed by atoms with E-state index in [0.29, 0.717) is 53.2 Å². The highest BCUT2D eigenvalue weighted by Gasteiger charge is 2.29. The molecule has 0 spiro atoms. The summed E-state index contributed by atoms with van der Waals surface area (Å²) in [6, 6.07) is 12.5. The summed E-state index contributed by atoms with van der Waals surface area (Å²) in [6.45, 7) is 5.80. The van der Waals surface area contributed by atoms with Crippen molar-refractivity contribution in [3.8, 4) is 16.3 Å². The average molecular weight is 550 g/mol. The largest absolute Gasteiger partial charge is 0.478 e. The van der Waals surface area contributed by atoms with Crippen LogP contribution < -0.4 is 4.74 Å². The number of carbonyl (C=O) groups is 1. The Morgan fingerprint density at radius 1 is 1.14 bits per heavy atom. The molecule has 11 heteroatoms. The molecule has 2 heterocycles. The summed E-state index contributed by atoms with van der Waals surface area (Å²) in [6.07, 6.45) is 5.63. The number of hydrogen-bond donors (Lipinski definition) is 1. The van der Waals surface area contributed by atoms with E-state index in [9.17, 15) is 18.3 Å². The molecular weight excluding hydrogens is 518 g/mol. The third-order valence-electron chi connectivity index (χ3n) is 5.40. The average Bonchev–Trinajstić information content (AvgIpc) is 3.36. The van der Waals surface area contributed by atoms with Gasteiger partial charge in [0.1, 0.15) is 9.96 Å². The lowest BCUT2D eigenvalue weighted by Gasteiger charge is -2.22. The van der Waals surface area contributed by atoms with Gasteiger partial charge in [-0.2, -0.15) is 4.31 Å². The van der Waals surface area contributed by atoms with Gasteiger partial charge in [-0.3, -0.25) is 0 Å². The SMILES string of the molecule is CCCN(CCCc1ccc(OC(C)(C)C(=O)O)cc1)S(=O)(=O)c1ccc(-c2ccnc(SC)n2)s1. The molecule has 0 bridgehead atoms. The lowest BCUT2D eigenvalue weighted by Crippen LogP contribution is -2.37. The number of aromatic nitrogens is 2. The topological polar surface area (TPSA) is 110 Å². The van der Waals surface area contributed by atoms with E-state index in [1.54, 1.807) is 40.8 Å². The molecule has 0 saturated carbocycles. The van der Waals surface area contributed by atoms with Crippen molar-refractivity contribution in [2.75, 3.05) is 19.3 Å². The van der Waals surface area contributed by atoms with Gasteiger partial charge in [0.15, 0.2) is 10.8 Å². The molecule has 1 aromatic carbocycles. The van der Waals surface area contributed by atoms with Crippen molar-refractivity contribution in [2.24, 2.45) is 0 Å². The van der Waals surface area contributed by atoms with E-state index < -0.39 is 21.6 Å². The standard InChI is InChI=1S/C25H31N3O5S3/c1-5-16-28(17-6-7-18-8-10-19(11-9-18)33-25(2,3)23(29)30)36(31,32)22-13-12-21(35-22)20-14-15-26-24(27-20)34-4/h8-15H,5-7,16-17H2,1-4H3,(H,29,30). The van der Waals surface area contributed by atoms with Crippen LogP contribution in [0.3, 0.4) is 0 Å². The number of rotatable bonds is 13. The molecule has 0 radical (unpaired) electrons. The number of hydrogen-bond acceptors (Lipinski definition) is 8. The van der Waals surface area contributed by atoms with Crippen LogP contribution in [0.25, 0.3) is 10.6 Å². The monoisotopic (exact) mass is 549 g/mol. The fraction of sp³-hybridized carbons (Fsp3) is 0.400. The third kappa shape index (κ3) is 7.06. The lowest BCUT2D eigenvalue weighted by molar-refractivity contribution is -0.152.